The first-order valence-corrected chi connectivity index (χ1v) is 12.7. The summed E-state index contributed by atoms with van der Waals surface area (Å²) < 4.78 is 15.4. The number of aryl methyl sites for hydroxylation is 2. The molecule has 7 heteroatoms. The maximum atomic E-state index is 12.7. The molecule has 7 nitrogen and oxygen atoms in total. The summed E-state index contributed by atoms with van der Waals surface area (Å²) in [5.41, 5.74) is 3.58. The molecule has 0 saturated heterocycles. The number of carbonyl (C=O) groups is 1. The van der Waals surface area contributed by atoms with E-state index < -0.39 is 0 Å². The van der Waals surface area contributed by atoms with Gasteiger partial charge in [-0.1, -0.05) is 51.7 Å². The number of fused-ring (bicyclic) bond motifs is 5. The first-order valence-electron chi connectivity index (χ1n) is 12.7. The molecule has 4 rings (SSSR count). The number of aromatic nitrogens is 4. The van der Waals surface area contributed by atoms with E-state index in [9.17, 15) is 4.79 Å². The number of hydrogen-bond acceptors (Lipinski definition) is 5. The summed E-state index contributed by atoms with van der Waals surface area (Å²) in [5.74, 6) is 1.34. The van der Waals surface area contributed by atoms with Gasteiger partial charge < -0.3 is 14.0 Å². The van der Waals surface area contributed by atoms with Crippen molar-refractivity contribution in [1.82, 2.24) is 18.9 Å². The van der Waals surface area contributed by atoms with Crippen LogP contribution in [-0.2, 0) is 22.5 Å². The van der Waals surface area contributed by atoms with Gasteiger partial charge in [-0.05, 0) is 31.4 Å². The summed E-state index contributed by atoms with van der Waals surface area (Å²) in [7, 11) is 1.71. The first kappa shape index (κ1) is 24.2. The Labute approximate surface area is 201 Å². The summed E-state index contributed by atoms with van der Waals surface area (Å²) in [4.78, 5) is 22.8. The molecule has 0 atom stereocenters. The van der Waals surface area contributed by atoms with Crippen LogP contribution in [0.15, 0.2) is 30.5 Å². The molecule has 0 amide bonds. The van der Waals surface area contributed by atoms with E-state index in [0.717, 1.165) is 91.4 Å². The van der Waals surface area contributed by atoms with Crippen LogP contribution >= 0.6 is 0 Å². The Morgan fingerprint density at radius 3 is 2.56 bits per heavy atom. The van der Waals surface area contributed by atoms with Gasteiger partial charge in [-0.15, -0.1) is 0 Å². The highest BCUT2D eigenvalue weighted by Gasteiger charge is 2.22. The number of methoxy groups -OCH3 is 1. The van der Waals surface area contributed by atoms with Crippen molar-refractivity contribution in [2.24, 2.45) is 0 Å². The Bertz CT molecular complexity index is 1260. The van der Waals surface area contributed by atoms with E-state index in [4.69, 9.17) is 19.4 Å². The lowest BCUT2D eigenvalue weighted by Gasteiger charge is -2.09. The molecule has 0 fully saturated rings. The predicted octanol–water partition coefficient (Wildman–Crippen LogP) is 6.09. The second kappa shape index (κ2) is 11.5. The minimum atomic E-state index is -0.203. The fraction of sp³-hybridized carbons (Fsp3) is 0.519. The topological polar surface area (TPSA) is 70.7 Å². The van der Waals surface area contributed by atoms with Crippen LogP contribution in [0.4, 0.5) is 0 Å². The molecule has 0 aliphatic rings. The van der Waals surface area contributed by atoms with Gasteiger partial charge in [-0.3, -0.25) is 9.20 Å². The van der Waals surface area contributed by atoms with Crippen molar-refractivity contribution in [2.75, 3.05) is 13.7 Å². The smallest absolute Gasteiger partial charge is 0.311 e. The van der Waals surface area contributed by atoms with Crippen LogP contribution in [0.3, 0.4) is 0 Å². The third kappa shape index (κ3) is 5.09. The fourth-order valence-electron chi connectivity index (χ4n) is 4.50. The van der Waals surface area contributed by atoms with E-state index in [1.54, 1.807) is 7.11 Å². The van der Waals surface area contributed by atoms with Gasteiger partial charge in [0.05, 0.1) is 11.0 Å². The van der Waals surface area contributed by atoms with Crippen molar-refractivity contribution in [3.05, 3.63) is 36.3 Å². The number of hydrogen-bond donors (Lipinski definition) is 0. The van der Waals surface area contributed by atoms with Gasteiger partial charge in [0.15, 0.2) is 11.4 Å². The largest absolute Gasteiger partial charge is 0.424 e. The number of imidazole rings is 1. The van der Waals surface area contributed by atoms with Crippen molar-refractivity contribution >= 4 is 33.7 Å². The predicted molar refractivity (Wildman–Crippen MR) is 135 cm³/mol. The molecule has 0 N–H and O–H groups in total. The number of benzene rings is 1. The van der Waals surface area contributed by atoms with Crippen LogP contribution in [0.1, 0.15) is 71.0 Å². The minimum absolute atomic E-state index is 0.203. The van der Waals surface area contributed by atoms with Gasteiger partial charge in [0, 0.05) is 39.3 Å². The number of esters is 1. The maximum Gasteiger partial charge on any atom is 0.311 e. The zero-order valence-electron chi connectivity index (χ0n) is 20.7. The molecular weight excluding hydrogens is 428 g/mol. The minimum Gasteiger partial charge on any atom is -0.424 e. The number of nitrogens with zero attached hydrogens (tertiary/aromatic N) is 4. The molecule has 0 unspecified atom stereocenters. The second-order valence-corrected chi connectivity index (χ2v) is 8.91. The summed E-state index contributed by atoms with van der Waals surface area (Å²) in [6.07, 6.45) is 10.4. The molecule has 0 radical (unpaired) electrons. The van der Waals surface area contributed by atoms with Crippen molar-refractivity contribution < 1.29 is 14.3 Å². The van der Waals surface area contributed by atoms with E-state index in [1.165, 1.54) is 0 Å². The third-order valence-electron chi connectivity index (χ3n) is 6.25. The number of carbonyl (C=O) groups excluding carboxylic acids is 1. The zero-order chi connectivity index (χ0) is 23.9. The van der Waals surface area contributed by atoms with Crippen molar-refractivity contribution in [3.63, 3.8) is 0 Å². The Balaban J connectivity index is 1.86. The van der Waals surface area contributed by atoms with E-state index in [1.807, 2.05) is 24.4 Å². The molecule has 4 aromatic rings. The van der Waals surface area contributed by atoms with Crippen molar-refractivity contribution in [3.8, 4) is 5.75 Å². The Kier molecular flexibility index (Phi) is 8.16. The highest BCUT2D eigenvalue weighted by atomic mass is 16.5. The van der Waals surface area contributed by atoms with Crippen LogP contribution in [0.25, 0.3) is 27.7 Å². The van der Waals surface area contributed by atoms with Gasteiger partial charge in [-0.2, -0.15) is 0 Å². The Hall–Kier alpha value is -2.93. The quantitative estimate of drug-likeness (QED) is 0.177. The monoisotopic (exact) mass is 464 g/mol. The summed E-state index contributed by atoms with van der Waals surface area (Å²) in [6.45, 7) is 5.73. The van der Waals surface area contributed by atoms with Crippen LogP contribution in [0.2, 0.25) is 0 Å². The van der Waals surface area contributed by atoms with E-state index >= 15 is 0 Å². The van der Waals surface area contributed by atoms with Crippen LogP contribution < -0.4 is 4.74 Å². The van der Waals surface area contributed by atoms with Gasteiger partial charge in [-0.25, -0.2) is 9.97 Å². The molecule has 0 saturated carbocycles. The van der Waals surface area contributed by atoms with Gasteiger partial charge >= 0.3 is 5.97 Å². The standard InChI is InChI=1S/C27H36N4O3/c1-4-6-8-15-23-29-26-25(27-28-20-13-10-11-14-21(20)31(23)27)22(19-30(26)17-12-18-33-3)34-24(32)16-9-7-5-2/h10-11,13-14,19H,4-9,12,15-18H2,1-3H3. The van der Waals surface area contributed by atoms with Crippen molar-refractivity contribution in [2.45, 2.75) is 78.2 Å². The van der Waals surface area contributed by atoms with Gasteiger partial charge in [0.25, 0.3) is 0 Å². The summed E-state index contributed by atoms with van der Waals surface area (Å²) in [6, 6.07) is 8.13. The SMILES string of the molecule is CCCCCC(=O)Oc1cn(CCCOC)c2nc(CCCCC)n3c4ccccc4nc3c12. The number of ether oxygens (including phenoxy) is 2. The average Bonchev–Trinajstić information content (AvgIpc) is 3.38. The molecule has 0 bridgehead atoms. The molecule has 0 aliphatic carbocycles. The molecule has 0 aliphatic heterocycles. The zero-order valence-corrected chi connectivity index (χ0v) is 20.7. The molecule has 1 aromatic carbocycles. The van der Waals surface area contributed by atoms with Crippen LogP contribution in [0.5, 0.6) is 5.75 Å². The van der Waals surface area contributed by atoms with Gasteiger partial charge in [0.2, 0.25) is 0 Å². The number of para-hydroxylation sites is 2. The normalized spacial score (nSPS) is 11.7. The Morgan fingerprint density at radius 1 is 0.971 bits per heavy atom. The summed E-state index contributed by atoms with van der Waals surface area (Å²) >= 11 is 0. The number of unbranched alkanes of at least 4 members (excludes halogenated alkanes) is 4. The molecule has 3 heterocycles. The maximum absolute atomic E-state index is 12.7. The summed E-state index contributed by atoms with van der Waals surface area (Å²) in [5, 5.41) is 0.802. The fourth-order valence-corrected chi connectivity index (χ4v) is 4.50. The first-order chi connectivity index (χ1) is 16.7. The lowest BCUT2D eigenvalue weighted by molar-refractivity contribution is -0.134. The molecule has 0 spiro atoms. The lowest BCUT2D eigenvalue weighted by atomic mass is 10.2. The van der Waals surface area contributed by atoms with E-state index in [0.29, 0.717) is 18.8 Å². The molecule has 3 aromatic heterocycles. The van der Waals surface area contributed by atoms with Gasteiger partial charge in [0.1, 0.15) is 16.9 Å². The molecule has 182 valence electrons. The Morgan fingerprint density at radius 2 is 1.76 bits per heavy atom. The molecular formula is C27H36N4O3. The van der Waals surface area contributed by atoms with E-state index in [2.05, 4.69) is 28.9 Å². The second-order valence-electron chi connectivity index (χ2n) is 8.91. The molecule has 34 heavy (non-hydrogen) atoms. The van der Waals surface area contributed by atoms with Crippen molar-refractivity contribution in [1.29, 1.82) is 0 Å². The van der Waals surface area contributed by atoms with Crippen LogP contribution in [-0.4, -0.2) is 38.6 Å². The third-order valence-corrected chi connectivity index (χ3v) is 6.25. The van der Waals surface area contributed by atoms with E-state index in [-0.39, 0.29) is 5.97 Å². The van der Waals surface area contributed by atoms with Crippen LogP contribution in [0, 0.1) is 0 Å². The number of rotatable bonds is 13. The average molecular weight is 465 g/mol. The highest BCUT2D eigenvalue weighted by Crippen LogP contribution is 2.34. The lowest BCUT2D eigenvalue weighted by Crippen LogP contribution is -2.08. The highest BCUT2D eigenvalue weighted by molar-refractivity contribution is 6.00.